The monoisotopic (exact) mass is 237 g/mol. The van der Waals surface area contributed by atoms with Gasteiger partial charge in [-0.25, -0.2) is 8.78 Å². The van der Waals surface area contributed by atoms with Gasteiger partial charge in [0.2, 0.25) is 0 Å². The van der Waals surface area contributed by atoms with E-state index in [-0.39, 0.29) is 11.7 Å². The van der Waals surface area contributed by atoms with Crippen molar-refractivity contribution in [2.45, 2.75) is 19.9 Å². The molecular formula is C13H13F2NO. The van der Waals surface area contributed by atoms with Gasteiger partial charge in [-0.15, -0.1) is 0 Å². The molecule has 1 heterocycles. The lowest BCUT2D eigenvalue weighted by molar-refractivity contribution is 0.560. The Kier molecular flexibility index (Phi) is 3.13. The second-order valence-corrected chi connectivity index (χ2v) is 3.98. The standard InChI is InChI=1S/C13H13F2NO/c1-8-3-4-11(14)13(12(8)15)16-9(2)10-5-6-17-7-10/h3-7,9,16H,1-2H3. The number of benzene rings is 1. The molecule has 0 saturated carbocycles. The van der Waals surface area contributed by atoms with Gasteiger partial charge in [0.1, 0.15) is 11.5 Å². The van der Waals surface area contributed by atoms with Gasteiger partial charge in [-0.05, 0) is 31.5 Å². The predicted molar refractivity (Wildman–Crippen MR) is 61.8 cm³/mol. The molecule has 0 bridgehead atoms. The third-order valence-electron chi connectivity index (χ3n) is 2.69. The van der Waals surface area contributed by atoms with Crippen molar-refractivity contribution in [2.75, 3.05) is 5.32 Å². The number of nitrogens with one attached hydrogen (secondary N) is 1. The number of hydrogen-bond acceptors (Lipinski definition) is 2. The highest BCUT2D eigenvalue weighted by Gasteiger charge is 2.15. The van der Waals surface area contributed by atoms with Crippen LogP contribution in [-0.2, 0) is 0 Å². The minimum absolute atomic E-state index is 0.0984. The number of aryl methyl sites for hydroxylation is 1. The van der Waals surface area contributed by atoms with Crippen LogP contribution in [0.25, 0.3) is 0 Å². The summed E-state index contributed by atoms with van der Waals surface area (Å²) in [6.07, 6.45) is 3.07. The number of halogens is 2. The third kappa shape index (κ3) is 2.30. The van der Waals surface area contributed by atoms with Crippen molar-refractivity contribution < 1.29 is 13.2 Å². The van der Waals surface area contributed by atoms with Crippen molar-refractivity contribution in [3.05, 3.63) is 53.5 Å². The first kappa shape index (κ1) is 11.6. The lowest BCUT2D eigenvalue weighted by Gasteiger charge is -2.15. The van der Waals surface area contributed by atoms with Crippen molar-refractivity contribution in [1.29, 1.82) is 0 Å². The summed E-state index contributed by atoms with van der Waals surface area (Å²) in [6, 6.07) is 4.20. The summed E-state index contributed by atoms with van der Waals surface area (Å²) in [6.45, 7) is 3.41. The Morgan fingerprint density at radius 2 is 2.00 bits per heavy atom. The summed E-state index contributed by atoms with van der Waals surface area (Å²) in [5.74, 6) is -1.15. The average Bonchev–Trinajstić information content (AvgIpc) is 2.83. The van der Waals surface area contributed by atoms with Gasteiger partial charge in [0, 0.05) is 5.56 Å². The first-order chi connectivity index (χ1) is 8.09. The van der Waals surface area contributed by atoms with Crippen LogP contribution in [0.4, 0.5) is 14.5 Å². The van der Waals surface area contributed by atoms with Gasteiger partial charge in [0.15, 0.2) is 5.82 Å². The van der Waals surface area contributed by atoms with E-state index in [1.54, 1.807) is 19.3 Å². The number of hydrogen-bond donors (Lipinski definition) is 1. The Hall–Kier alpha value is -1.84. The highest BCUT2D eigenvalue weighted by molar-refractivity contribution is 5.50. The zero-order chi connectivity index (χ0) is 12.4. The zero-order valence-corrected chi connectivity index (χ0v) is 9.63. The van der Waals surface area contributed by atoms with E-state index in [4.69, 9.17) is 4.42 Å². The van der Waals surface area contributed by atoms with Gasteiger partial charge in [0.25, 0.3) is 0 Å². The van der Waals surface area contributed by atoms with Gasteiger partial charge in [0.05, 0.1) is 18.6 Å². The van der Waals surface area contributed by atoms with Crippen molar-refractivity contribution in [3.63, 3.8) is 0 Å². The molecule has 0 amide bonds. The minimum Gasteiger partial charge on any atom is -0.472 e. The van der Waals surface area contributed by atoms with Gasteiger partial charge in [-0.1, -0.05) is 6.07 Å². The Bertz CT molecular complexity index is 508. The molecule has 4 heteroatoms. The van der Waals surface area contributed by atoms with E-state index in [1.807, 2.05) is 6.92 Å². The molecule has 1 atom stereocenters. The molecule has 0 aliphatic carbocycles. The quantitative estimate of drug-likeness (QED) is 0.871. The zero-order valence-electron chi connectivity index (χ0n) is 9.63. The summed E-state index contributed by atoms with van der Waals surface area (Å²) in [5.41, 5.74) is 1.15. The SMILES string of the molecule is Cc1ccc(F)c(NC(C)c2ccoc2)c1F. The molecule has 1 aromatic carbocycles. The van der Waals surface area contributed by atoms with E-state index in [2.05, 4.69) is 5.32 Å². The van der Waals surface area contributed by atoms with Crippen LogP contribution in [0.1, 0.15) is 24.1 Å². The maximum atomic E-state index is 13.7. The fourth-order valence-electron chi connectivity index (χ4n) is 1.61. The highest BCUT2D eigenvalue weighted by atomic mass is 19.1. The number of furan rings is 1. The van der Waals surface area contributed by atoms with E-state index >= 15 is 0 Å². The Morgan fingerprint density at radius 1 is 1.24 bits per heavy atom. The fourth-order valence-corrected chi connectivity index (χ4v) is 1.61. The lowest BCUT2D eigenvalue weighted by atomic mass is 10.1. The molecule has 17 heavy (non-hydrogen) atoms. The maximum Gasteiger partial charge on any atom is 0.152 e. The topological polar surface area (TPSA) is 25.2 Å². The van der Waals surface area contributed by atoms with Crippen LogP contribution in [0.3, 0.4) is 0 Å². The van der Waals surface area contributed by atoms with Crippen LogP contribution in [0.5, 0.6) is 0 Å². The molecule has 2 nitrogen and oxygen atoms in total. The van der Waals surface area contributed by atoms with Gasteiger partial charge < -0.3 is 9.73 Å². The molecule has 90 valence electrons. The first-order valence-electron chi connectivity index (χ1n) is 5.33. The van der Waals surface area contributed by atoms with Crippen LogP contribution in [0.15, 0.2) is 35.1 Å². The largest absolute Gasteiger partial charge is 0.472 e. The van der Waals surface area contributed by atoms with Crippen LogP contribution in [0, 0.1) is 18.6 Å². The van der Waals surface area contributed by atoms with Crippen molar-refractivity contribution in [2.24, 2.45) is 0 Å². The van der Waals surface area contributed by atoms with Gasteiger partial charge in [-0.3, -0.25) is 0 Å². The fraction of sp³-hybridized carbons (Fsp3) is 0.231. The summed E-state index contributed by atoms with van der Waals surface area (Å²) < 4.78 is 32.2. The molecular weight excluding hydrogens is 224 g/mol. The second-order valence-electron chi connectivity index (χ2n) is 3.98. The normalized spacial score (nSPS) is 12.5. The van der Waals surface area contributed by atoms with Gasteiger partial charge >= 0.3 is 0 Å². The Morgan fingerprint density at radius 3 is 2.65 bits per heavy atom. The molecule has 1 aromatic heterocycles. The van der Waals surface area contributed by atoms with Crippen molar-refractivity contribution in [3.8, 4) is 0 Å². The molecule has 2 rings (SSSR count). The molecule has 0 spiro atoms. The number of rotatable bonds is 3. The average molecular weight is 237 g/mol. The lowest BCUT2D eigenvalue weighted by Crippen LogP contribution is -2.09. The minimum atomic E-state index is -0.594. The molecule has 0 aliphatic rings. The summed E-state index contributed by atoms with van der Waals surface area (Å²) >= 11 is 0. The Balaban J connectivity index is 2.27. The van der Waals surface area contributed by atoms with E-state index in [0.29, 0.717) is 5.56 Å². The maximum absolute atomic E-state index is 13.7. The molecule has 1 unspecified atom stereocenters. The van der Waals surface area contributed by atoms with E-state index in [1.165, 1.54) is 18.4 Å². The predicted octanol–water partition coefficient (Wildman–Crippen LogP) is 4.04. The van der Waals surface area contributed by atoms with E-state index in [0.717, 1.165) is 5.56 Å². The first-order valence-corrected chi connectivity index (χ1v) is 5.33. The molecule has 0 fully saturated rings. The molecule has 2 aromatic rings. The third-order valence-corrected chi connectivity index (χ3v) is 2.69. The second kappa shape index (κ2) is 4.57. The van der Waals surface area contributed by atoms with Crippen LogP contribution in [0.2, 0.25) is 0 Å². The summed E-state index contributed by atoms with van der Waals surface area (Å²) in [7, 11) is 0. The summed E-state index contributed by atoms with van der Waals surface area (Å²) in [5, 5.41) is 2.81. The molecule has 0 saturated heterocycles. The molecule has 0 radical (unpaired) electrons. The van der Waals surface area contributed by atoms with E-state index < -0.39 is 11.6 Å². The van der Waals surface area contributed by atoms with Gasteiger partial charge in [-0.2, -0.15) is 0 Å². The van der Waals surface area contributed by atoms with Crippen LogP contribution in [-0.4, -0.2) is 0 Å². The Labute approximate surface area is 98.3 Å². The summed E-state index contributed by atoms with van der Waals surface area (Å²) in [4.78, 5) is 0. The van der Waals surface area contributed by atoms with E-state index in [9.17, 15) is 8.78 Å². The highest BCUT2D eigenvalue weighted by Crippen LogP contribution is 2.26. The molecule has 0 aliphatic heterocycles. The smallest absolute Gasteiger partial charge is 0.152 e. The van der Waals surface area contributed by atoms with Crippen LogP contribution < -0.4 is 5.32 Å². The number of anilines is 1. The van der Waals surface area contributed by atoms with Crippen LogP contribution >= 0.6 is 0 Å². The van der Waals surface area contributed by atoms with Crippen molar-refractivity contribution in [1.82, 2.24) is 0 Å². The van der Waals surface area contributed by atoms with Crippen molar-refractivity contribution >= 4 is 5.69 Å². The molecule has 1 N–H and O–H groups in total.